The lowest BCUT2D eigenvalue weighted by Gasteiger charge is -2.39. The Bertz CT molecular complexity index is 572. The second-order valence-electron chi connectivity index (χ2n) is 6.32. The highest BCUT2D eigenvalue weighted by Gasteiger charge is 2.40. The molecule has 1 aromatic rings. The monoisotopic (exact) mass is 286 g/mol. The Hall–Kier alpha value is -1.84. The molecular formula is C17H22N2O2. The summed E-state index contributed by atoms with van der Waals surface area (Å²) in [6.07, 6.45) is 1.97. The number of anilines is 1. The molecule has 4 nitrogen and oxygen atoms in total. The Morgan fingerprint density at radius 1 is 1.10 bits per heavy atom. The highest BCUT2D eigenvalue weighted by Crippen LogP contribution is 2.33. The molecule has 1 atom stereocenters. The molecule has 0 N–H and O–H groups in total. The van der Waals surface area contributed by atoms with Gasteiger partial charge in [0, 0.05) is 24.7 Å². The summed E-state index contributed by atoms with van der Waals surface area (Å²) < 4.78 is 0. The van der Waals surface area contributed by atoms with E-state index in [2.05, 4.69) is 6.07 Å². The quantitative estimate of drug-likeness (QED) is 0.837. The van der Waals surface area contributed by atoms with Crippen molar-refractivity contribution in [3.05, 3.63) is 29.3 Å². The number of nitrogens with zero attached hydrogens (tertiary/aromatic N) is 2. The summed E-state index contributed by atoms with van der Waals surface area (Å²) in [6, 6.07) is 5.82. The molecule has 2 aliphatic rings. The molecule has 1 saturated heterocycles. The van der Waals surface area contributed by atoms with E-state index in [1.807, 2.05) is 37.8 Å². The van der Waals surface area contributed by atoms with Crippen molar-refractivity contribution in [2.45, 2.75) is 39.7 Å². The van der Waals surface area contributed by atoms with Crippen LogP contribution in [0.25, 0.3) is 0 Å². The summed E-state index contributed by atoms with van der Waals surface area (Å²) >= 11 is 0. The van der Waals surface area contributed by atoms with Gasteiger partial charge in [-0.05, 0) is 56.9 Å². The van der Waals surface area contributed by atoms with Gasteiger partial charge in [-0.15, -0.1) is 0 Å². The van der Waals surface area contributed by atoms with Crippen LogP contribution in [-0.4, -0.2) is 35.8 Å². The highest BCUT2D eigenvalue weighted by molar-refractivity contribution is 6.00. The third kappa shape index (κ3) is 2.67. The number of aryl methyl sites for hydroxylation is 2. The summed E-state index contributed by atoms with van der Waals surface area (Å²) in [5, 5.41) is 0. The molecule has 21 heavy (non-hydrogen) atoms. The van der Waals surface area contributed by atoms with Crippen LogP contribution in [0.1, 0.15) is 30.9 Å². The van der Waals surface area contributed by atoms with Crippen LogP contribution in [0.15, 0.2) is 18.2 Å². The Morgan fingerprint density at radius 3 is 2.29 bits per heavy atom. The predicted molar refractivity (Wildman–Crippen MR) is 82.2 cm³/mol. The minimum Gasteiger partial charge on any atom is -0.329 e. The van der Waals surface area contributed by atoms with E-state index in [0.29, 0.717) is 13.1 Å². The van der Waals surface area contributed by atoms with E-state index >= 15 is 0 Å². The summed E-state index contributed by atoms with van der Waals surface area (Å²) in [6.45, 7) is 7.14. The molecule has 2 fully saturated rings. The van der Waals surface area contributed by atoms with E-state index in [0.717, 1.165) is 29.7 Å². The largest absolute Gasteiger partial charge is 0.329 e. The molecule has 0 radical (unpaired) electrons. The zero-order chi connectivity index (χ0) is 15.1. The Balaban J connectivity index is 1.80. The molecule has 1 aliphatic heterocycles. The normalized spacial score (nSPS) is 22.6. The van der Waals surface area contributed by atoms with E-state index in [-0.39, 0.29) is 23.8 Å². The Labute approximate surface area is 125 Å². The summed E-state index contributed by atoms with van der Waals surface area (Å²) in [5.74, 6) is 0.365. The lowest BCUT2D eigenvalue weighted by Crippen LogP contribution is -2.58. The van der Waals surface area contributed by atoms with Gasteiger partial charge in [0.2, 0.25) is 11.8 Å². The highest BCUT2D eigenvalue weighted by atomic mass is 16.2. The number of benzene rings is 1. The minimum absolute atomic E-state index is 0.0280. The fraction of sp³-hybridized carbons (Fsp3) is 0.529. The third-order valence-electron chi connectivity index (χ3n) is 4.38. The lowest BCUT2D eigenvalue weighted by molar-refractivity contribution is -0.141. The van der Waals surface area contributed by atoms with E-state index in [1.54, 1.807) is 4.90 Å². The van der Waals surface area contributed by atoms with Crippen LogP contribution < -0.4 is 4.90 Å². The first-order valence-electron chi connectivity index (χ1n) is 7.67. The molecule has 1 aromatic carbocycles. The number of piperazine rings is 1. The second-order valence-corrected chi connectivity index (χ2v) is 6.32. The summed E-state index contributed by atoms with van der Waals surface area (Å²) in [5.41, 5.74) is 3.26. The van der Waals surface area contributed by atoms with Crippen molar-refractivity contribution in [3.63, 3.8) is 0 Å². The number of carbonyl (C=O) groups excluding carboxylic acids is 2. The number of carbonyl (C=O) groups is 2. The van der Waals surface area contributed by atoms with Crippen molar-refractivity contribution >= 4 is 17.5 Å². The first-order chi connectivity index (χ1) is 9.97. The molecular weight excluding hydrogens is 264 g/mol. The van der Waals surface area contributed by atoms with Crippen LogP contribution in [0.3, 0.4) is 0 Å². The van der Waals surface area contributed by atoms with Gasteiger partial charge in [-0.3, -0.25) is 9.59 Å². The van der Waals surface area contributed by atoms with Crippen molar-refractivity contribution in [3.8, 4) is 0 Å². The van der Waals surface area contributed by atoms with Gasteiger partial charge in [-0.2, -0.15) is 0 Å². The van der Waals surface area contributed by atoms with Gasteiger partial charge in [0.1, 0.15) is 6.04 Å². The van der Waals surface area contributed by atoms with Gasteiger partial charge in [0.05, 0.1) is 0 Å². The zero-order valence-corrected chi connectivity index (χ0v) is 12.9. The van der Waals surface area contributed by atoms with Gasteiger partial charge >= 0.3 is 0 Å². The molecule has 0 aromatic heterocycles. The molecule has 3 rings (SSSR count). The minimum atomic E-state index is -0.354. The summed E-state index contributed by atoms with van der Waals surface area (Å²) in [7, 11) is 0. The van der Waals surface area contributed by atoms with Crippen molar-refractivity contribution in [2.75, 3.05) is 18.0 Å². The second kappa shape index (κ2) is 5.17. The molecule has 112 valence electrons. The third-order valence-corrected chi connectivity index (χ3v) is 4.38. The summed E-state index contributed by atoms with van der Waals surface area (Å²) in [4.78, 5) is 28.4. The number of hydrogen-bond donors (Lipinski definition) is 0. The standard InChI is InChI=1S/C17H22N2O2/c1-11-8-12(2)10-15(9-11)19-7-6-18(13(3)16(19)20)17(21)14-4-5-14/h8-10,13-14H,4-7H2,1-3H3. The SMILES string of the molecule is Cc1cc(C)cc(N2CCN(C(=O)C3CC3)C(C)C2=O)c1. The molecule has 0 bridgehead atoms. The average Bonchev–Trinajstić information content (AvgIpc) is 3.24. The van der Waals surface area contributed by atoms with Crippen molar-refractivity contribution < 1.29 is 9.59 Å². The smallest absolute Gasteiger partial charge is 0.249 e. The van der Waals surface area contributed by atoms with Crippen LogP contribution in [0.4, 0.5) is 5.69 Å². The van der Waals surface area contributed by atoms with Crippen molar-refractivity contribution in [1.29, 1.82) is 0 Å². The van der Waals surface area contributed by atoms with Crippen LogP contribution in [0, 0.1) is 19.8 Å². The first kappa shape index (κ1) is 14.1. The van der Waals surface area contributed by atoms with Crippen LogP contribution >= 0.6 is 0 Å². The van der Waals surface area contributed by atoms with Crippen molar-refractivity contribution in [1.82, 2.24) is 4.90 Å². The van der Waals surface area contributed by atoms with Crippen LogP contribution in [0.5, 0.6) is 0 Å². The molecule has 1 saturated carbocycles. The number of amides is 2. The maximum Gasteiger partial charge on any atom is 0.249 e. The van der Waals surface area contributed by atoms with E-state index in [9.17, 15) is 9.59 Å². The number of rotatable bonds is 2. The molecule has 0 spiro atoms. The zero-order valence-electron chi connectivity index (χ0n) is 12.9. The van der Waals surface area contributed by atoms with Gasteiger partial charge in [-0.1, -0.05) is 6.07 Å². The molecule has 4 heteroatoms. The predicted octanol–water partition coefficient (Wildman–Crippen LogP) is 2.28. The lowest BCUT2D eigenvalue weighted by atomic mass is 10.1. The molecule has 1 unspecified atom stereocenters. The molecule has 1 aliphatic carbocycles. The van der Waals surface area contributed by atoms with Crippen LogP contribution in [-0.2, 0) is 9.59 Å². The average molecular weight is 286 g/mol. The van der Waals surface area contributed by atoms with E-state index < -0.39 is 0 Å². The fourth-order valence-electron chi connectivity index (χ4n) is 3.10. The van der Waals surface area contributed by atoms with E-state index in [1.165, 1.54) is 0 Å². The Kier molecular flexibility index (Phi) is 3.47. The van der Waals surface area contributed by atoms with Crippen molar-refractivity contribution in [2.24, 2.45) is 5.92 Å². The maximum atomic E-state index is 12.6. The molecule has 2 amide bonds. The number of hydrogen-bond acceptors (Lipinski definition) is 2. The topological polar surface area (TPSA) is 40.6 Å². The molecule has 1 heterocycles. The maximum absolute atomic E-state index is 12.6. The van der Waals surface area contributed by atoms with Gasteiger partial charge in [0.15, 0.2) is 0 Å². The van der Waals surface area contributed by atoms with Gasteiger partial charge < -0.3 is 9.80 Å². The van der Waals surface area contributed by atoms with Gasteiger partial charge in [0.25, 0.3) is 0 Å². The Morgan fingerprint density at radius 2 is 1.71 bits per heavy atom. The first-order valence-corrected chi connectivity index (χ1v) is 7.67. The van der Waals surface area contributed by atoms with E-state index in [4.69, 9.17) is 0 Å². The van der Waals surface area contributed by atoms with Gasteiger partial charge in [-0.25, -0.2) is 0 Å². The fourth-order valence-corrected chi connectivity index (χ4v) is 3.10. The van der Waals surface area contributed by atoms with Crippen LogP contribution in [0.2, 0.25) is 0 Å².